The summed E-state index contributed by atoms with van der Waals surface area (Å²) in [5.74, 6) is 2.65. The molecular weight excluding hydrogens is 356 g/mol. The Balaban J connectivity index is 1.59. The molecule has 0 atom stereocenters. The van der Waals surface area contributed by atoms with Crippen molar-refractivity contribution >= 4 is 33.5 Å². The van der Waals surface area contributed by atoms with Crippen molar-refractivity contribution < 1.29 is 0 Å². The Kier molecular flexibility index (Phi) is 4.95. The summed E-state index contributed by atoms with van der Waals surface area (Å²) < 4.78 is 1.05. The summed E-state index contributed by atoms with van der Waals surface area (Å²) in [7, 11) is 3.89. The number of hydrogen-bond acceptors (Lipinski definition) is 6. The molecule has 0 aromatic carbocycles. The Morgan fingerprint density at radius 2 is 1.96 bits per heavy atom. The number of halogens is 1. The van der Waals surface area contributed by atoms with Gasteiger partial charge in [-0.1, -0.05) is 0 Å². The molecule has 1 aliphatic heterocycles. The normalized spacial score (nSPS) is 15.5. The zero-order chi connectivity index (χ0) is 16.2. The molecule has 0 saturated carbocycles. The zero-order valence-corrected chi connectivity index (χ0v) is 15.0. The van der Waals surface area contributed by atoms with Crippen LogP contribution in [-0.2, 0) is 0 Å². The number of anilines is 3. The van der Waals surface area contributed by atoms with Crippen LogP contribution in [-0.4, -0.2) is 48.2 Å². The van der Waals surface area contributed by atoms with Gasteiger partial charge in [0.15, 0.2) is 0 Å². The molecule has 7 heteroatoms. The van der Waals surface area contributed by atoms with Crippen molar-refractivity contribution in [1.82, 2.24) is 15.0 Å². The fourth-order valence-corrected chi connectivity index (χ4v) is 3.20. The Labute approximate surface area is 145 Å². The first-order chi connectivity index (χ1) is 11.1. The third kappa shape index (κ3) is 3.90. The van der Waals surface area contributed by atoms with Gasteiger partial charge in [0.1, 0.15) is 11.6 Å². The number of rotatable bonds is 4. The van der Waals surface area contributed by atoms with Crippen molar-refractivity contribution in [1.29, 1.82) is 0 Å². The van der Waals surface area contributed by atoms with Crippen LogP contribution in [0.3, 0.4) is 0 Å². The van der Waals surface area contributed by atoms with Crippen LogP contribution in [0.5, 0.6) is 0 Å². The van der Waals surface area contributed by atoms with Crippen molar-refractivity contribution in [3.63, 3.8) is 0 Å². The van der Waals surface area contributed by atoms with Crippen molar-refractivity contribution in [2.75, 3.05) is 42.3 Å². The largest absolute Gasteiger partial charge is 0.367 e. The SMILES string of the molecule is CN(C)c1nccc(NC2CCN(c3ncccc3Br)CC2)n1. The molecule has 0 amide bonds. The molecule has 122 valence electrons. The molecule has 1 N–H and O–H groups in total. The minimum atomic E-state index is 0.429. The van der Waals surface area contributed by atoms with Crippen LogP contribution in [0, 0.1) is 0 Å². The van der Waals surface area contributed by atoms with E-state index in [2.05, 4.69) is 41.1 Å². The average molecular weight is 377 g/mol. The molecule has 3 rings (SSSR count). The van der Waals surface area contributed by atoms with Gasteiger partial charge in [-0.05, 0) is 47.0 Å². The zero-order valence-electron chi connectivity index (χ0n) is 13.4. The van der Waals surface area contributed by atoms with Gasteiger partial charge in [0, 0.05) is 45.6 Å². The molecular formula is C16H21BrN6. The minimum absolute atomic E-state index is 0.429. The van der Waals surface area contributed by atoms with Crippen LogP contribution in [0.2, 0.25) is 0 Å². The molecule has 0 aliphatic carbocycles. The average Bonchev–Trinajstić information content (AvgIpc) is 2.56. The molecule has 3 heterocycles. The van der Waals surface area contributed by atoms with Gasteiger partial charge in [-0.3, -0.25) is 0 Å². The summed E-state index contributed by atoms with van der Waals surface area (Å²) in [5, 5.41) is 3.53. The molecule has 2 aromatic rings. The van der Waals surface area contributed by atoms with Gasteiger partial charge in [-0.25, -0.2) is 9.97 Å². The predicted octanol–water partition coefficient (Wildman–Crippen LogP) is 2.78. The quantitative estimate of drug-likeness (QED) is 0.885. The molecule has 0 unspecified atom stereocenters. The molecule has 0 spiro atoms. The van der Waals surface area contributed by atoms with Gasteiger partial charge in [0.05, 0.1) is 4.47 Å². The van der Waals surface area contributed by atoms with E-state index in [1.807, 2.05) is 43.4 Å². The van der Waals surface area contributed by atoms with Gasteiger partial charge < -0.3 is 15.1 Å². The molecule has 2 aromatic heterocycles. The second kappa shape index (κ2) is 7.12. The highest BCUT2D eigenvalue weighted by atomic mass is 79.9. The molecule has 23 heavy (non-hydrogen) atoms. The van der Waals surface area contributed by atoms with E-state index in [4.69, 9.17) is 0 Å². The topological polar surface area (TPSA) is 57.2 Å². The Morgan fingerprint density at radius 1 is 1.17 bits per heavy atom. The second-order valence-corrected chi connectivity index (χ2v) is 6.71. The highest BCUT2D eigenvalue weighted by Gasteiger charge is 2.21. The standard InChI is InChI=1S/C16H21BrN6/c1-22(2)16-19-9-5-14(21-16)20-12-6-10-23(11-7-12)15-13(17)4-3-8-18-15/h3-5,8-9,12H,6-7,10-11H2,1-2H3,(H,19,20,21). The summed E-state index contributed by atoms with van der Waals surface area (Å²) in [6, 6.07) is 6.34. The molecule has 1 saturated heterocycles. The Bertz CT molecular complexity index is 655. The molecule has 1 fully saturated rings. The van der Waals surface area contributed by atoms with Crippen LogP contribution in [0.1, 0.15) is 12.8 Å². The number of piperidine rings is 1. The molecule has 0 bridgehead atoms. The number of nitrogens with zero attached hydrogens (tertiary/aromatic N) is 5. The number of hydrogen-bond donors (Lipinski definition) is 1. The maximum absolute atomic E-state index is 4.53. The van der Waals surface area contributed by atoms with E-state index in [0.717, 1.165) is 48.0 Å². The second-order valence-electron chi connectivity index (χ2n) is 5.85. The summed E-state index contributed by atoms with van der Waals surface area (Å²) >= 11 is 3.58. The monoisotopic (exact) mass is 376 g/mol. The van der Waals surface area contributed by atoms with E-state index < -0.39 is 0 Å². The van der Waals surface area contributed by atoms with Crippen molar-refractivity contribution in [2.45, 2.75) is 18.9 Å². The van der Waals surface area contributed by atoms with E-state index in [-0.39, 0.29) is 0 Å². The Hall–Kier alpha value is -1.89. The predicted molar refractivity (Wildman–Crippen MR) is 97.2 cm³/mol. The van der Waals surface area contributed by atoms with E-state index >= 15 is 0 Å². The van der Waals surface area contributed by atoms with Crippen molar-refractivity contribution in [3.8, 4) is 0 Å². The summed E-state index contributed by atoms with van der Waals surface area (Å²) in [6.07, 6.45) is 5.76. The third-order valence-corrected chi connectivity index (χ3v) is 4.55. The van der Waals surface area contributed by atoms with Gasteiger partial charge in [0.2, 0.25) is 5.95 Å². The lowest BCUT2D eigenvalue weighted by molar-refractivity contribution is 0.522. The van der Waals surface area contributed by atoms with E-state index in [0.29, 0.717) is 6.04 Å². The maximum Gasteiger partial charge on any atom is 0.226 e. The summed E-state index contributed by atoms with van der Waals surface area (Å²) in [5.41, 5.74) is 0. The summed E-state index contributed by atoms with van der Waals surface area (Å²) in [4.78, 5) is 17.5. The van der Waals surface area contributed by atoms with E-state index in [9.17, 15) is 0 Å². The van der Waals surface area contributed by atoms with Crippen LogP contribution < -0.4 is 15.1 Å². The molecule has 1 aliphatic rings. The first-order valence-corrected chi connectivity index (χ1v) is 8.55. The lowest BCUT2D eigenvalue weighted by atomic mass is 10.1. The molecule has 6 nitrogen and oxygen atoms in total. The van der Waals surface area contributed by atoms with Gasteiger partial charge in [-0.15, -0.1) is 0 Å². The van der Waals surface area contributed by atoms with Crippen LogP contribution in [0.25, 0.3) is 0 Å². The Morgan fingerprint density at radius 3 is 2.65 bits per heavy atom. The first kappa shape index (κ1) is 16.0. The lowest BCUT2D eigenvalue weighted by Crippen LogP contribution is -2.39. The number of pyridine rings is 1. The van der Waals surface area contributed by atoms with E-state index in [1.165, 1.54) is 0 Å². The van der Waals surface area contributed by atoms with Gasteiger partial charge in [-0.2, -0.15) is 4.98 Å². The van der Waals surface area contributed by atoms with Crippen LogP contribution in [0.15, 0.2) is 35.1 Å². The number of aromatic nitrogens is 3. The van der Waals surface area contributed by atoms with Crippen LogP contribution in [0.4, 0.5) is 17.6 Å². The van der Waals surface area contributed by atoms with Crippen molar-refractivity contribution in [2.24, 2.45) is 0 Å². The molecule has 0 radical (unpaired) electrons. The van der Waals surface area contributed by atoms with Crippen molar-refractivity contribution in [3.05, 3.63) is 35.1 Å². The fourth-order valence-electron chi connectivity index (χ4n) is 2.70. The van der Waals surface area contributed by atoms with E-state index in [1.54, 1.807) is 6.20 Å². The number of nitrogens with one attached hydrogen (secondary N) is 1. The highest BCUT2D eigenvalue weighted by Crippen LogP contribution is 2.26. The lowest BCUT2D eigenvalue weighted by Gasteiger charge is -2.33. The first-order valence-electron chi connectivity index (χ1n) is 7.76. The minimum Gasteiger partial charge on any atom is -0.367 e. The van der Waals surface area contributed by atoms with Gasteiger partial charge >= 0.3 is 0 Å². The maximum atomic E-state index is 4.53. The van der Waals surface area contributed by atoms with Crippen LogP contribution >= 0.6 is 15.9 Å². The van der Waals surface area contributed by atoms with Gasteiger partial charge in [0.25, 0.3) is 0 Å². The fraction of sp³-hybridized carbons (Fsp3) is 0.438. The highest BCUT2D eigenvalue weighted by molar-refractivity contribution is 9.10. The summed E-state index contributed by atoms with van der Waals surface area (Å²) in [6.45, 7) is 1.97. The third-order valence-electron chi connectivity index (χ3n) is 3.93. The smallest absolute Gasteiger partial charge is 0.226 e.